The van der Waals surface area contributed by atoms with Crippen molar-refractivity contribution in [2.75, 3.05) is 4.90 Å². The number of hydrogen-bond acceptors (Lipinski definition) is 2. The Bertz CT molecular complexity index is 1020. The van der Waals surface area contributed by atoms with Gasteiger partial charge in [-0.15, -0.1) is 0 Å². The second-order valence-corrected chi connectivity index (χ2v) is 7.17. The SMILES string of the molecule is Cc1ccc(N2C(=O)c3cc(Cl)ccc3C2(O)c2ccccc2)c(Cl)c1. The summed E-state index contributed by atoms with van der Waals surface area (Å²) in [6.07, 6.45) is 0. The van der Waals surface area contributed by atoms with Crippen LogP contribution in [0.5, 0.6) is 0 Å². The van der Waals surface area contributed by atoms with Gasteiger partial charge in [0, 0.05) is 21.7 Å². The van der Waals surface area contributed by atoms with E-state index in [-0.39, 0.29) is 5.91 Å². The lowest BCUT2D eigenvalue weighted by atomic mass is 9.93. The van der Waals surface area contributed by atoms with Gasteiger partial charge in [0.05, 0.1) is 10.7 Å². The number of aryl methyl sites for hydroxylation is 1. The van der Waals surface area contributed by atoms with Crippen LogP contribution in [-0.2, 0) is 5.72 Å². The van der Waals surface area contributed by atoms with Crippen molar-refractivity contribution in [2.24, 2.45) is 0 Å². The number of nitrogens with zero attached hydrogens (tertiary/aromatic N) is 1. The fraction of sp³-hybridized carbons (Fsp3) is 0.0952. The molecule has 0 aromatic heterocycles. The van der Waals surface area contributed by atoms with E-state index < -0.39 is 5.72 Å². The molecule has 0 spiro atoms. The number of aliphatic hydroxyl groups is 1. The summed E-state index contributed by atoms with van der Waals surface area (Å²) >= 11 is 12.5. The van der Waals surface area contributed by atoms with Crippen molar-refractivity contribution in [3.63, 3.8) is 0 Å². The molecular formula is C21H15Cl2NO2. The maximum Gasteiger partial charge on any atom is 0.261 e. The van der Waals surface area contributed by atoms with E-state index in [0.29, 0.717) is 32.4 Å². The Morgan fingerprint density at radius 3 is 2.38 bits per heavy atom. The summed E-state index contributed by atoms with van der Waals surface area (Å²) in [4.78, 5) is 14.6. The predicted octanol–water partition coefficient (Wildman–Crippen LogP) is 5.16. The van der Waals surface area contributed by atoms with Gasteiger partial charge < -0.3 is 5.11 Å². The summed E-state index contributed by atoms with van der Waals surface area (Å²) in [7, 11) is 0. The smallest absolute Gasteiger partial charge is 0.261 e. The molecule has 3 nitrogen and oxygen atoms in total. The average Bonchev–Trinajstić information content (AvgIpc) is 2.85. The van der Waals surface area contributed by atoms with Crippen molar-refractivity contribution in [3.8, 4) is 0 Å². The average molecular weight is 384 g/mol. The number of fused-ring (bicyclic) bond motifs is 1. The van der Waals surface area contributed by atoms with Crippen LogP contribution in [0.25, 0.3) is 0 Å². The number of halogens is 2. The van der Waals surface area contributed by atoms with Crippen molar-refractivity contribution in [1.29, 1.82) is 0 Å². The van der Waals surface area contributed by atoms with Crippen molar-refractivity contribution >= 4 is 34.8 Å². The Morgan fingerprint density at radius 1 is 0.962 bits per heavy atom. The molecule has 0 saturated heterocycles. The highest BCUT2D eigenvalue weighted by atomic mass is 35.5. The molecule has 0 saturated carbocycles. The number of anilines is 1. The zero-order valence-corrected chi connectivity index (χ0v) is 15.4. The fourth-order valence-electron chi connectivity index (χ4n) is 3.42. The molecule has 1 heterocycles. The second kappa shape index (κ2) is 6.13. The third-order valence-corrected chi connectivity index (χ3v) is 5.17. The molecule has 1 unspecified atom stereocenters. The van der Waals surface area contributed by atoms with Crippen molar-refractivity contribution in [2.45, 2.75) is 12.6 Å². The molecule has 3 aromatic rings. The van der Waals surface area contributed by atoms with E-state index in [2.05, 4.69) is 0 Å². The Balaban J connectivity index is 2.02. The Morgan fingerprint density at radius 2 is 1.69 bits per heavy atom. The molecule has 1 aliphatic rings. The van der Waals surface area contributed by atoms with Crippen LogP contribution < -0.4 is 4.90 Å². The zero-order valence-electron chi connectivity index (χ0n) is 13.9. The van der Waals surface area contributed by atoms with Gasteiger partial charge in [0.2, 0.25) is 0 Å². The zero-order chi connectivity index (χ0) is 18.5. The van der Waals surface area contributed by atoms with Crippen LogP contribution in [0.4, 0.5) is 5.69 Å². The summed E-state index contributed by atoms with van der Waals surface area (Å²) in [5.74, 6) is -0.348. The number of carbonyl (C=O) groups excluding carboxylic acids is 1. The lowest BCUT2D eigenvalue weighted by molar-refractivity contribution is 0.0703. The summed E-state index contributed by atoms with van der Waals surface area (Å²) in [5.41, 5.74) is 1.16. The largest absolute Gasteiger partial charge is 0.363 e. The summed E-state index contributed by atoms with van der Waals surface area (Å²) < 4.78 is 0. The highest BCUT2D eigenvalue weighted by Gasteiger charge is 2.51. The number of rotatable bonds is 2. The van der Waals surface area contributed by atoms with Crippen molar-refractivity contribution < 1.29 is 9.90 Å². The first-order valence-electron chi connectivity index (χ1n) is 8.11. The monoisotopic (exact) mass is 383 g/mol. The van der Waals surface area contributed by atoms with Gasteiger partial charge in [0.15, 0.2) is 5.72 Å². The number of hydrogen-bond donors (Lipinski definition) is 1. The highest BCUT2D eigenvalue weighted by molar-refractivity contribution is 6.34. The molecule has 1 atom stereocenters. The molecule has 0 bridgehead atoms. The highest BCUT2D eigenvalue weighted by Crippen LogP contribution is 2.47. The quantitative estimate of drug-likeness (QED) is 0.664. The van der Waals surface area contributed by atoms with E-state index in [0.717, 1.165) is 5.56 Å². The van der Waals surface area contributed by atoms with Crippen molar-refractivity contribution in [1.82, 2.24) is 0 Å². The minimum atomic E-state index is -1.67. The Labute approximate surface area is 161 Å². The molecule has 4 rings (SSSR count). The minimum Gasteiger partial charge on any atom is -0.363 e. The first-order valence-corrected chi connectivity index (χ1v) is 8.87. The third-order valence-electron chi connectivity index (χ3n) is 4.63. The first-order chi connectivity index (χ1) is 12.4. The van der Waals surface area contributed by atoms with Crippen molar-refractivity contribution in [3.05, 3.63) is 99.0 Å². The summed E-state index contributed by atoms with van der Waals surface area (Å²) in [6, 6.07) is 19.4. The molecule has 5 heteroatoms. The molecule has 1 N–H and O–H groups in total. The molecule has 1 amide bonds. The van der Waals surface area contributed by atoms with Crippen LogP contribution in [0, 0.1) is 6.92 Å². The van der Waals surface area contributed by atoms with E-state index in [4.69, 9.17) is 23.2 Å². The molecule has 3 aromatic carbocycles. The molecule has 130 valence electrons. The fourth-order valence-corrected chi connectivity index (χ4v) is 3.91. The lowest BCUT2D eigenvalue weighted by Crippen LogP contribution is -2.45. The van der Waals surface area contributed by atoms with Crippen LogP contribution >= 0.6 is 23.2 Å². The van der Waals surface area contributed by atoms with E-state index in [1.807, 2.05) is 31.2 Å². The van der Waals surface area contributed by atoms with Crippen LogP contribution in [0.1, 0.15) is 27.0 Å². The number of benzene rings is 3. The van der Waals surface area contributed by atoms with Gasteiger partial charge in [0.1, 0.15) is 0 Å². The Hall–Kier alpha value is -2.33. The van der Waals surface area contributed by atoms with Gasteiger partial charge in [-0.25, -0.2) is 0 Å². The standard InChI is InChI=1S/C21H15Cl2NO2/c1-13-7-10-19(18(23)11-13)24-20(25)16-12-15(22)8-9-17(16)21(24,26)14-5-3-2-4-6-14/h2-12,26H,1H3. The number of carbonyl (C=O) groups is 1. The Kier molecular flexibility index (Phi) is 4.03. The second-order valence-electron chi connectivity index (χ2n) is 6.32. The first kappa shape index (κ1) is 17.1. The molecule has 26 heavy (non-hydrogen) atoms. The maximum atomic E-state index is 13.2. The predicted molar refractivity (Wildman–Crippen MR) is 104 cm³/mol. The minimum absolute atomic E-state index is 0.348. The maximum absolute atomic E-state index is 13.2. The van der Waals surface area contributed by atoms with E-state index in [9.17, 15) is 9.90 Å². The van der Waals surface area contributed by atoms with E-state index in [1.54, 1.807) is 42.5 Å². The molecule has 0 aliphatic carbocycles. The molecular weight excluding hydrogens is 369 g/mol. The normalized spacial score (nSPS) is 18.9. The van der Waals surface area contributed by atoms with Gasteiger partial charge in [-0.2, -0.15) is 0 Å². The van der Waals surface area contributed by atoms with Gasteiger partial charge in [-0.1, -0.05) is 65.7 Å². The molecule has 1 aliphatic heterocycles. The van der Waals surface area contributed by atoms with E-state index >= 15 is 0 Å². The topological polar surface area (TPSA) is 40.5 Å². The van der Waals surface area contributed by atoms with Crippen LogP contribution in [0.2, 0.25) is 10.0 Å². The van der Waals surface area contributed by atoms with Gasteiger partial charge in [-0.3, -0.25) is 9.69 Å². The lowest BCUT2D eigenvalue weighted by Gasteiger charge is -2.35. The summed E-state index contributed by atoms with van der Waals surface area (Å²) in [6.45, 7) is 1.92. The van der Waals surface area contributed by atoms with Gasteiger partial charge in [0.25, 0.3) is 5.91 Å². The molecule has 0 radical (unpaired) electrons. The summed E-state index contributed by atoms with van der Waals surface area (Å²) in [5, 5.41) is 12.6. The van der Waals surface area contributed by atoms with Gasteiger partial charge in [-0.05, 0) is 36.8 Å². The van der Waals surface area contributed by atoms with Gasteiger partial charge >= 0.3 is 0 Å². The van der Waals surface area contributed by atoms with Crippen LogP contribution in [0.3, 0.4) is 0 Å². The van der Waals surface area contributed by atoms with E-state index in [1.165, 1.54) is 4.90 Å². The molecule has 0 fully saturated rings. The number of amides is 1. The van der Waals surface area contributed by atoms with Crippen LogP contribution in [0.15, 0.2) is 66.7 Å². The van der Waals surface area contributed by atoms with Crippen LogP contribution in [-0.4, -0.2) is 11.0 Å². The third kappa shape index (κ3) is 2.43.